The van der Waals surface area contributed by atoms with Gasteiger partial charge in [-0.1, -0.05) is 50.5 Å². The number of nitrogens with zero attached hydrogens (tertiary/aromatic N) is 3. The Labute approximate surface area is 190 Å². The molecule has 8 nitrogen and oxygen atoms in total. The van der Waals surface area contributed by atoms with Crippen molar-refractivity contribution in [3.05, 3.63) is 80.6 Å². The maximum absolute atomic E-state index is 13.2. The molecule has 2 heterocycles. The van der Waals surface area contributed by atoms with Crippen LogP contribution >= 0.6 is 0 Å². The van der Waals surface area contributed by atoms with Crippen molar-refractivity contribution in [2.45, 2.75) is 39.0 Å². The highest BCUT2D eigenvalue weighted by molar-refractivity contribution is 6.06. The van der Waals surface area contributed by atoms with Crippen LogP contribution in [0.4, 0.5) is 0 Å². The molecular weight excluding hydrogens is 420 g/mol. The lowest BCUT2D eigenvalue weighted by molar-refractivity contribution is 0.100. The zero-order chi connectivity index (χ0) is 23.5. The Balaban J connectivity index is 1.80. The van der Waals surface area contributed by atoms with Crippen molar-refractivity contribution in [3.63, 3.8) is 0 Å². The van der Waals surface area contributed by atoms with Gasteiger partial charge in [-0.05, 0) is 30.7 Å². The monoisotopic (exact) mass is 446 g/mol. The minimum Gasteiger partial charge on any atom is -0.506 e. The Morgan fingerprint density at radius 1 is 0.970 bits per heavy atom. The van der Waals surface area contributed by atoms with Crippen LogP contribution in [0.5, 0.6) is 5.75 Å². The standard InChI is InChI=1S/C25H26N4O4/c1-3-4-5-6-15-20-26-18-13-9-7-11-16(18)24(32)29(20)27-23(31)21-22(30)17-12-8-10-14-19(17)28(2)25(21)33/h7-14,30H,3-6,15H2,1-2H3,(H,27,31). The highest BCUT2D eigenvalue weighted by atomic mass is 16.3. The molecule has 1 amide bonds. The molecule has 0 unspecified atom stereocenters. The molecule has 2 N–H and O–H groups in total. The van der Waals surface area contributed by atoms with Crippen LogP contribution in [0.1, 0.15) is 48.8 Å². The molecule has 4 rings (SSSR count). The van der Waals surface area contributed by atoms with E-state index in [9.17, 15) is 19.5 Å². The van der Waals surface area contributed by atoms with Crippen LogP contribution in [0.2, 0.25) is 0 Å². The molecule has 0 radical (unpaired) electrons. The number of hydrogen-bond donors (Lipinski definition) is 2. The minimum atomic E-state index is -0.868. The Hall–Kier alpha value is -3.94. The Morgan fingerprint density at radius 3 is 2.42 bits per heavy atom. The fraction of sp³-hybridized carbons (Fsp3) is 0.280. The van der Waals surface area contributed by atoms with Crippen LogP contribution in [0.3, 0.4) is 0 Å². The molecule has 0 aliphatic carbocycles. The van der Waals surface area contributed by atoms with E-state index in [-0.39, 0.29) is 0 Å². The number of carbonyl (C=O) groups excluding carboxylic acids is 1. The first kappa shape index (κ1) is 22.3. The summed E-state index contributed by atoms with van der Waals surface area (Å²) in [5.74, 6) is -0.884. The molecule has 0 saturated carbocycles. The molecule has 33 heavy (non-hydrogen) atoms. The highest BCUT2D eigenvalue weighted by Gasteiger charge is 2.23. The maximum Gasteiger partial charge on any atom is 0.280 e. The number of aryl methyl sites for hydroxylation is 2. The third kappa shape index (κ3) is 4.11. The number of pyridine rings is 1. The molecule has 0 saturated heterocycles. The average molecular weight is 447 g/mol. The number of aromatic hydroxyl groups is 1. The molecule has 0 spiro atoms. The summed E-state index contributed by atoms with van der Waals surface area (Å²) in [5, 5.41) is 11.5. The Kier molecular flexibility index (Phi) is 6.26. The van der Waals surface area contributed by atoms with Crippen LogP contribution in [-0.2, 0) is 13.5 Å². The van der Waals surface area contributed by atoms with E-state index in [0.717, 1.165) is 30.4 Å². The van der Waals surface area contributed by atoms with Crippen LogP contribution in [0, 0.1) is 0 Å². The van der Waals surface area contributed by atoms with Gasteiger partial charge in [-0.3, -0.25) is 19.8 Å². The summed E-state index contributed by atoms with van der Waals surface area (Å²) >= 11 is 0. The summed E-state index contributed by atoms with van der Waals surface area (Å²) in [6, 6.07) is 13.7. The predicted octanol–water partition coefficient (Wildman–Crippen LogP) is 3.46. The first-order valence-electron chi connectivity index (χ1n) is 11.1. The number of benzene rings is 2. The lowest BCUT2D eigenvalue weighted by Gasteiger charge is -2.16. The van der Waals surface area contributed by atoms with Crippen molar-refractivity contribution in [1.29, 1.82) is 0 Å². The van der Waals surface area contributed by atoms with Gasteiger partial charge in [-0.15, -0.1) is 0 Å². The second kappa shape index (κ2) is 9.28. The molecule has 0 aliphatic heterocycles. The van der Waals surface area contributed by atoms with Crippen LogP contribution in [-0.4, -0.2) is 25.2 Å². The fourth-order valence-corrected chi connectivity index (χ4v) is 4.01. The number of para-hydroxylation sites is 2. The van der Waals surface area contributed by atoms with Gasteiger partial charge in [0.2, 0.25) is 0 Å². The number of fused-ring (bicyclic) bond motifs is 2. The number of unbranched alkanes of at least 4 members (excludes halogenated alkanes) is 3. The average Bonchev–Trinajstić information content (AvgIpc) is 2.83. The van der Waals surface area contributed by atoms with E-state index in [2.05, 4.69) is 17.3 Å². The largest absolute Gasteiger partial charge is 0.506 e. The molecule has 170 valence electrons. The number of nitrogens with one attached hydrogen (secondary N) is 1. The van der Waals surface area contributed by atoms with Crippen LogP contribution < -0.4 is 16.5 Å². The van der Waals surface area contributed by atoms with E-state index in [1.54, 1.807) is 48.5 Å². The molecule has 0 aliphatic rings. The summed E-state index contributed by atoms with van der Waals surface area (Å²) in [6.07, 6.45) is 4.39. The maximum atomic E-state index is 13.2. The van der Waals surface area contributed by atoms with E-state index in [4.69, 9.17) is 0 Å². The van der Waals surface area contributed by atoms with Crippen molar-refractivity contribution >= 4 is 27.7 Å². The number of hydrogen-bond acceptors (Lipinski definition) is 5. The fourth-order valence-electron chi connectivity index (χ4n) is 4.01. The van der Waals surface area contributed by atoms with Gasteiger partial charge in [-0.25, -0.2) is 9.66 Å². The van der Waals surface area contributed by atoms with Crippen molar-refractivity contribution < 1.29 is 9.90 Å². The molecule has 4 aromatic rings. The quantitative estimate of drug-likeness (QED) is 0.423. The smallest absolute Gasteiger partial charge is 0.280 e. The van der Waals surface area contributed by atoms with E-state index in [0.29, 0.717) is 34.1 Å². The Bertz CT molecular complexity index is 1470. The first-order valence-corrected chi connectivity index (χ1v) is 11.1. The number of carbonyl (C=O) groups is 1. The van der Waals surface area contributed by atoms with Gasteiger partial charge in [0.1, 0.15) is 17.1 Å². The van der Waals surface area contributed by atoms with Gasteiger partial charge < -0.3 is 9.67 Å². The predicted molar refractivity (Wildman–Crippen MR) is 128 cm³/mol. The molecule has 8 heteroatoms. The van der Waals surface area contributed by atoms with Gasteiger partial charge in [0.15, 0.2) is 0 Å². The number of aromatic nitrogens is 3. The van der Waals surface area contributed by atoms with E-state index in [1.165, 1.54) is 11.6 Å². The summed E-state index contributed by atoms with van der Waals surface area (Å²) < 4.78 is 2.40. The zero-order valence-electron chi connectivity index (χ0n) is 18.7. The summed E-state index contributed by atoms with van der Waals surface area (Å²) in [5.41, 5.74) is 2.06. The van der Waals surface area contributed by atoms with Crippen LogP contribution in [0.15, 0.2) is 58.1 Å². The molecule has 0 atom stereocenters. The molecule has 2 aromatic carbocycles. The summed E-state index contributed by atoms with van der Waals surface area (Å²) in [4.78, 5) is 43.9. The highest BCUT2D eigenvalue weighted by Crippen LogP contribution is 2.25. The third-order valence-electron chi connectivity index (χ3n) is 5.82. The van der Waals surface area contributed by atoms with E-state index in [1.807, 2.05) is 0 Å². The molecule has 0 bridgehead atoms. The summed E-state index contributed by atoms with van der Waals surface area (Å²) in [7, 11) is 1.53. The Morgan fingerprint density at radius 2 is 1.67 bits per heavy atom. The van der Waals surface area contributed by atoms with E-state index >= 15 is 0 Å². The number of rotatable bonds is 7. The first-order chi connectivity index (χ1) is 15.9. The van der Waals surface area contributed by atoms with Gasteiger partial charge in [0, 0.05) is 18.9 Å². The van der Waals surface area contributed by atoms with Gasteiger partial charge in [0.25, 0.3) is 17.0 Å². The second-order valence-electron chi connectivity index (χ2n) is 8.04. The SMILES string of the molecule is CCCCCCc1nc2ccccc2c(=O)n1NC(=O)c1c(O)c2ccccc2n(C)c1=O. The second-order valence-corrected chi connectivity index (χ2v) is 8.04. The lowest BCUT2D eigenvalue weighted by atomic mass is 10.1. The van der Waals surface area contributed by atoms with Gasteiger partial charge in [-0.2, -0.15) is 0 Å². The van der Waals surface area contributed by atoms with Crippen molar-refractivity contribution in [3.8, 4) is 5.75 Å². The van der Waals surface area contributed by atoms with Gasteiger partial charge in [0.05, 0.1) is 16.4 Å². The van der Waals surface area contributed by atoms with Crippen LogP contribution in [0.25, 0.3) is 21.8 Å². The zero-order valence-corrected chi connectivity index (χ0v) is 18.7. The molecule has 0 fully saturated rings. The van der Waals surface area contributed by atoms with Crippen molar-refractivity contribution in [2.75, 3.05) is 5.43 Å². The van der Waals surface area contributed by atoms with Crippen molar-refractivity contribution in [1.82, 2.24) is 14.2 Å². The van der Waals surface area contributed by atoms with Gasteiger partial charge >= 0.3 is 0 Å². The molecular formula is C25H26N4O4. The lowest BCUT2D eigenvalue weighted by Crippen LogP contribution is -2.39. The normalized spacial score (nSPS) is 11.2. The van der Waals surface area contributed by atoms with E-state index < -0.39 is 28.3 Å². The number of amides is 1. The minimum absolute atomic E-state index is 0.353. The van der Waals surface area contributed by atoms with Crippen molar-refractivity contribution in [2.24, 2.45) is 7.05 Å². The summed E-state index contributed by atoms with van der Waals surface area (Å²) in [6.45, 7) is 2.11. The topological polar surface area (TPSA) is 106 Å². The molecule has 2 aromatic heterocycles. The third-order valence-corrected chi connectivity index (χ3v) is 5.82.